The van der Waals surface area contributed by atoms with Crippen molar-refractivity contribution in [3.05, 3.63) is 67.6 Å². The molecule has 0 bridgehead atoms. The van der Waals surface area contributed by atoms with Crippen LogP contribution in [0.4, 0.5) is 5.69 Å². The normalized spacial score (nSPS) is 13.1. The molecule has 3 aromatic rings. The topological polar surface area (TPSA) is 89.5 Å². The maximum absolute atomic E-state index is 11.5. The highest BCUT2D eigenvalue weighted by molar-refractivity contribution is 7.19. The number of aromatic nitrogens is 3. The van der Waals surface area contributed by atoms with E-state index >= 15 is 0 Å². The Balaban J connectivity index is 1.93. The Kier molecular flexibility index (Phi) is 4.50. The van der Waals surface area contributed by atoms with E-state index in [9.17, 15) is 10.1 Å². The molecule has 0 unspecified atom stereocenters. The van der Waals surface area contributed by atoms with Gasteiger partial charge in [0.1, 0.15) is 11.5 Å². The van der Waals surface area contributed by atoms with Crippen molar-refractivity contribution in [3.63, 3.8) is 0 Å². The standard InChI is InChI=1S/C17H15ClN6O2S/c1-22(2)9-15-21-20-14-8-19-16(10-5-3-4-6-12(10)24(25)26)11-7-13(18)27-17(11)23(14)15/h3-7H,8-9H2,1-2H3. The molecular weight excluding hydrogens is 388 g/mol. The third-order valence-electron chi connectivity index (χ3n) is 4.13. The Hall–Kier alpha value is -2.62. The summed E-state index contributed by atoms with van der Waals surface area (Å²) in [7, 11) is 3.91. The minimum atomic E-state index is -0.395. The Labute approximate surface area is 163 Å². The number of thiophene rings is 1. The van der Waals surface area contributed by atoms with Gasteiger partial charge in [0, 0.05) is 11.6 Å². The van der Waals surface area contributed by atoms with Crippen LogP contribution in [0.1, 0.15) is 22.8 Å². The highest BCUT2D eigenvalue weighted by Crippen LogP contribution is 2.36. The van der Waals surface area contributed by atoms with Gasteiger partial charge in [0.05, 0.1) is 27.1 Å². The van der Waals surface area contributed by atoms with Crippen molar-refractivity contribution in [1.29, 1.82) is 0 Å². The predicted molar refractivity (Wildman–Crippen MR) is 104 cm³/mol. The van der Waals surface area contributed by atoms with Crippen molar-refractivity contribution >= 4 is 34.3 Å². The van der Waals surface area contributed by atoms with Gasteiger partial charge in [0.2, 0.25) is 0 Å². The maximum Gasteiger partial charge on any atom is 0.278 e. The van der Waals surface area contributed by atoms with Gasteiger partial charge in [0.15, 0.2) is 11.6 Å². The second kappa shape index (κ2) is 6.84. The minimum absolute atomic E-state index is 0.00991. The molecular formula is C17H15ClN6O2S. The SMILES string of the molecule is CN(C)Cc1nnc2n1-c1sc(Cl)cc1C(c1ccccc1[N+](=O)[O-])=NC2. The molecule has 10 heteroatoms. The van der Waals surface area contributed by atoms with Crippen LogP contribution in [0.5, 0.6) is 0 Å². The zero-order valence-electron chi connectivity index (χ0n) is 14.6. The summed E-state index contributed by atoms with van der Waals surface area (Å²) in [5.74, 6) is 1.45. The fraction of sp³-hybridized carbons (Fsp3) is 0.235. The highest BCUT2D eigenvalue weighted by atomic mass is 35.5. The molecule has 0 atom stereocenters. The lowest BCUT2D eigenvalue weighted by Crippen LogP contribution is -2.16. The number of nitro groups is 1. The van der Waals surface area contributed by atoms with Gasteiger partial charge in [-0.2, -0.15) is 0 Å². The van der Waals surface area contributed by atoms with E-state index in [0.717, 1.165) is 16.4 Å². The number of para-hydroxylation sites is 1. The summed E-state index contributed by atoms with van der Waals surface area (Å²) >= 11 is 7.70. The van der Waals surface area contributed by atoms with Gasteiger partial charge in [-0.05, 0) is 26.2 Å². The van der Waals surface area contributed by atoms with E-state index in [2.05, 4.69) is 15.2 Å². The smallest absolute Gasteiger partial charge is 0.278 e. The number of rotatable bonds is 4. The molecule has 3 heterocycles. The van der Waals surface area contributed by atoms with Gasteiger partial charge >= 0.3 is 0 Å². The molecule has 0 radical (unpaired) electrons. The Morgan fingerprint density at radius 1 is 1.30 bits per heavy atom. The van der Waals surface area contributed by atoms with Crippen LogP contribution in [-0.4, -0.2) is 44.4 Å². The number of aliphatic imine (C=N–C) groups is 1. The molecule has 0 saturated heterocycles. The van der Waals surface area contributed by atoms with Crippen LogP contribution in [0.15, 0.2) is 35.3 Å². The molecule has 0 spiro atoms. The van der Waals surface area contributed by atoms with Gasteiger partial charge in [0.25, 0.3) is 5.69 Å². The quantitative estimate of drug-likeness (QED) is 0.493. The van der Waals surface area contributed by atoms with Gasteiger partial charge in [-0.25, -0.2) is 0 Å². The number of fused-ring (bicyclic) bond motifs is 3. The first-order valence-electron chi connectivity index (χ1n) is 8.12. The van der Waals surface area contributed by atoms with E-state index in [-0.39, 0.29) is 12.2 Å². The average Bonchev–Trinajstić information content (AvgIpc) is 3.14. The number of halogens is 1. The van der Waals surface area contributed by atoms with Crippen LogP contribution in [0.25, 0.3) is 5.00 Å². The fourth-order valence-corrected chi connectivity index (χ4v) is 4.32. The van der Waals surface area contributed by atoms with Crippen molar-refractivity contribution in [2.24, 2.45) is 4.99 Å². The van der Waals surface area contributed by atoms with Crippen molar-refractivity contribution in [1.82, 2.24) is 19.7 Å². The highest BCUT2D eigenvalue weighted by Gasteiger charge is 2.28. The number of hydrogen-bond acceptors (Lipinski definition) is 7. The van der Waals surface area contributed by atoms with Crippen LogP contribution in [0.3, 0.4) is 0 Å². The van der Waals surface area contributed by atoms with E-state index in [4.69, 9.17) is 11.6 Å². The molecule has 0 saturated carbocycles. The van der Waals surface area contributed by atoms with Crippen molar-refractivity contribution in [2.45, 2.75) is 13.1 Å². The summed E-state index contributed by atoms with van der Waals surface area (Å²) in [4.78, 5) is 17.8. The summed E-state index contributed by atoms with van der Waals surface area (Å²) in [5.41, 5.74) is 1.77. The van der Waals surface area contributed by atoms with E-state index in [1.165, 1.54) is 17.4 Å². The summed E-state index contributed by atoms with van der Waals surface area (Å²) in [6, 6.07) is 8.39. The maximum atomic E-state index is 11.5. The van der Waals surface area contributed by atoms with Crippen LogP contribution >= 0.6 is 22.9 Å². The third-order valence-corrected chi connectivity index (χ3v) is 5.38. The van der Waals surface area contributed by atoms with Crippen LogP contribution < -0.4 is 0 Å². The summed E-state index contributed by atoms with van der Waals surface area (Å²) in [6.45, 7) is 0.879. The molecule has 4 rings (SSSR count). The molecule has 0 aliphatic carbocycles. The lowest BCUT2D eigenvalue weighted by atomic mass is 10.0. The van der Waals surface area contributed by atoms with E-state index < -0.39 is 4.92 Å². The molecule has 8 nitrogen and oxygen atoms in total. The van der Waals surface area contributed by atoms with Crippen LogP contribution in [-0.2, 0) is 13.1 Å². The predicted octanol–water partition coefficient (Wildman–Crippen LogP) is 3.30. The van der Waals surface area contributed by atoms with Crippen molar-refractivity contribution in [2.75, 3.05) is 14.1 Å². The number of nitrogens with zero attached hydrogens (tertiary/aromatic N) is 6. The largest absolute Gasteiger partial charge is 0.302 e. The summed E-state index contributed by atoms with van der Waals surface area (Å²) in [5, 5.41) is 20.9. The van der Waals surface area contributed by atoms with E-state index in [1.807, 2.05) is 23.6 Å². The monoisotopic (exact) mass is 402 g/mol. The molecule has 138 valence electrons. The average molecular weight is 403 g/mol. The Morgan fingerprint density at radius 3 is 2.81 bits per heavy atom. The number of benzene rings is 1. The summed E-state index contributed by atoms with van der Waals surface area (Å²) in [6.07, 6.45) is 0. The zero-order valence-corrected chi connectivity index (χ0v) is 16.2. The molecule has 1 aliphatic heterocycles. The number of nitro benzene ring substituents is 1. The second-order valence-electron chi connectivity index (χ2n) is 6.31. The molecule has 0 N–H and O–H groups in total. The zero-order chi connectivity index (χ0) is 19.1. The Morgan fingerprint density at radius 2 is 2.07 bits per heavy atom. The van der Waals surface area contributed by atoms with Crippen LogP contribution in [0.2, 0.25) is 4.34 Å². The van der Waals surface area contributed by atoms with Crippen molar-refractivity contribution in [3.8, 4) is 5.00 Å². The first-order valence-corrected chi connectivity index (χ1v) is 9.31. The second-order valence-corrected chi connectivity index (χ2v) is 7.98. The fourth-order valence-electron chi connectivity index (χ4n) is 3.06. The van der Waals surface area contributed by atoms with Gasteiger partial charge in [-0.15, -0.1) is 21.5 Å². The van der Waals surface area contributed by atoms with E-state index in [0.29, 0.717) is 28.0 Å². The van der Waals surface area contributed by atoms with Crippen LogP contribution in [0, 0.1) is 10.1 Å². The first-order chi connectivity index (χ1) is 13.0. The molecule has 1 aromatic carbocycles. The lowest BCUT2D eigenvalue weighted by molar-refractivity contribution is -0.385. The minimum Gasteiger partial charge on any atom is -0.302 e. The summed E-state index contributed by atoms with van der Waals surface area (Å²) < 4.78 is 2.53. The van der Waals surface area contributed by atoms with Gasteiger partial charge < -0.3 is 4.90 Å². The molecule has 27 heavy (non-hydrogen) atoms. The van der Waals surface area contributed by atoms with E-state index in [1.54, 1.807) is 24.3 Å². The van der Waals surface area contributed by atoms with Crippen molar-refractivity contribution < 1.29 is 4.92 Å². The first kappa shape index (κ1) is 17.8. The Bertz CT molecular complexity index is 1070. The van der Waals surface area contributed by atoms with Gasteiger partial charge in [-0.1, -0.05) is 23.7 Å². The molecule has 0 fully saturated rings. The third kappa shape index (κ3) is 3.14. The molecule has 0 amide bonds. The molecule has 2 aromatic heterocycles. The van der Waals surface area contributed by atoms with Gasteiger partial charge in [-0.3, -0.25) is 19.7 Å². The number of hydrogen-bond donors (Lipinski definition) is 0. The molecule has 1 aliphatic rings. The lowest BCUT2D eigenvalue weighted by Gasteiger charge is -2.12.